The van der Waals surface area contributed by atoms with E-state index in [0.717, 1.165) is 0 Å². The van der Waals surface area contributed by atoms with Gasteiger partial charge in [-0.2, -0.15) is 0 Å². The predicted octanol–water partition coefficient (Wildman–Crippen LogP) is 4.86. The molecule has 29 heavy (non-hydrogen) atoms. The Bertz CT molecular complexity index is 1040. The highest BCUT2D eigenvalue weighted by atomic mass is 35.5. The third kappa shape index (κ3) is 4.86. The molecule has 6 nitrogen and oxygen atoms in total. The summed E-state index contributed by atoms with van der Waals surface area (Å²) in [7, 11) is 3.01. The highest BCUT2D eigenvalue weighted by molar-refractivity contribution is 6.30. The molecule has 0 aliphatic heterocycles. The molecule has 0 saturated carbocycles. The molecule has 3 rings (SSSR count). The lowest BCUT2D eigenvalue weighted by molar-refractivity contribution is 0.101. The van der Waals surface area contributed by atoms with Crippen LogP contribution in [0.2, 0.25) is 5.02 Å². The number of carbonyl (C=O) groups excluding carboxylic acids is 2. The highest BCUT2D eigenvalue weighted by Gasteiger charge is 2.16. The van der Waals surface area contributed by atoms with Crippen LogP contribution >= 0.6 is 11.6 Å². The second kappa shape index (κ2) is 9.12. The molecule has 0 aliphatic rings. The van der Waals surface area contributed by atoms with Gasteiger partial charge in [-0.25, -0.2) is 0 Å². The molecule has 0 spiro atoms. The lowest BCUT2D eigenvalue weighted by atomic mass is 10.1. The maximum Gasteiger partial charge on any atom is 0.259 e. The Labute approximate surface area is 173 Å². The Morgan fingerprint density at radius 2 is 1.41 bits per heavy atom. The van der Waals surface area contributed by atoms with Crippen molar-refractivity contribution < 1.29 is 19.1 Å². The molecule has 148 valence electrons. The second-order valence-electron chi connectivity index (χ2n) is 6.03. The molecule has 2 amide bonds. The van der Waals surface area contributed by atoms with E-state index in [1.165, 1.54) is 14.2 Å². The first-order chi connectivity index (χ1) is 14.0. The van der Waals surface area contributed by atoms with Crippen LogP contribution < -0.4 is 20.1 Å². The zero-order chi connectivity index (χ0) is 20.8. The first-order valence-corrected chi connectivity index (χ1v) is 9.09. The van der Waals surface area contributed by atoms with Crippen molar-refractivity contribution in [1.82, 2.24) is 0 Å². The summed E-state index contributed by atoms with van der Waals surface area (Å²) < 4.78 is 10.4. The van der Waals surface area contributed by atoms with Gasteiger partial charge >= 0.3 is 0 Å². The van der Waals surface area contributed by atoms with E-state index in [9.17, 15) is 9.59 Å². The van der Waals surface area contributed by atoms with E-state index in [0.29, 0.717) is 39.0 Å². The van der Waals surface area contributed by atoms with E-state index in [1.54, 1.807) is 66.7 Å². The van der Waals surface area contributed by atoms with Gasteiger partial charge < -0.3 is 20.1 Å². The van der Waals surface area contributed by atoms with Crippen molar-refractivity contribution in [3.63, 3.8) is 0 Å². The van der Waals surface area contributed by atoms with Crippen LogP contribution in [0.4, 0.5) is 11.4 Å². The number of hydrogen-bond donors (Lipinski definition) is 2. The minimum atomic E-state index is -0.377. The molecule has 0 bridgehead atoms. The maximum absolute atomic E-state index is 12.8. The minimum Gasteiger partial charge on any atom is -0.497 e. The SMILES string of the molecule is COc1ccc(C(=O)Nc2ccccc2NC(=O)c2ccc(Cl)cc2)c(OC)c1. The molecular weight excluding hydrogens is 392 g/mol. The van der Waals surface area contributed by atoms with Crippen molar-refractivity contribution in [3.05, 3.63) is 82.9 Å². The summed E-state index contributed by atoms with van der Waals surface area (Å²) in [4.78, 5) is 25.3. The Kier molecular flexibility index (Phi) is 6.36. The number of para-hydroxylation sites is 2. The first kappa shape index (κ1) is 20.2. The summed E-state index contributed by atoms with van der Waals surface area (Å²) >= 11 is 5.86. The number of benzene rings is 3. The van der Waals surface area contributed by atoms with Gasteiger partial charge in [0.15, 0.2) is 0 Å². The molecule has 0 atom stereocenters. The summed E-state index contributed by atoms with van der Waals surface area (Å²) in [5.41, 5.74) is 1.71. The van der Waals surface area contributed by atoms with Gasteiger partial charge in [0.2, 0.25) is 0 Å². The topological polar surface area (TPSA) is 76.7 Å². The lowest BCUT2D eigenvalue weighted by Crippen LogP contribution is -2.17. The van der Waals surface area contributed by atoms with Crippen molar-refractivity contribution in [3.8, 4) is 11.5 Å². The molecule has 0 saturated heterocycles. The van der Waals surface area contributed by atoms with Gasteiger partial charge in [0.25, 0.3) is 11.8 Å². The Morgan fingerprint density at radius 3 is 2.00 bits per heavy atom. The molecule has 0 radical (unpaired) electrons. The van der Waals surface area contributed by atoms with E-state index >= 15 is 0 Å². The van der Waals surface area contributed by atoms with E-state index in [4.69, 9.17) is 21.1 Å². The van der Waals surface area contributed by atoms with Gasteiger partial charge in [-0.1, -0.05) is 23.7 Å². The molecule has 0 heterocycles. The third-order valence-electron chi connectivity index (χ3n) is 4.18. The number of rotatable bonds is 6. The Morgan fingerprint density at radius 1 is 0.793 bits per heavy atom. The monoisotopic (exact) mass is 410 g/mol. The molecule has 0 fully saturated rings. The van der Waals surface area contributed by atoms with E-state index in [-0.39, 0.29) is 11.8 Å². The number of nitrogens with one attached hydrogen (secondary N) is 2. The number of carbonyl (C=O) groups is 2. The fraction of sp³-hybridized carbons (Fsp3) is 0.0909. The summed E-state index contributed by atoms with van der Waals surface area (Å²) in [6, 6.07) is 18.4. The van der Waals surface area contributed by atoms with Crippen LogP contribution in [-0.2, 0) is 0 Å². The number of anilines is 2. The molecular formula is C22H19ClN2O4. The van der Waals surface area contributed by atoms with Gasteiger partial charge in [0.05, 0.1) is 31.2 Å². The van der Waals surface area contributed by atoms with Crippen molar-refractivity contribution >= 4 is 34.8 Å². The van der Waals surface area contributed by atoms with Crippen molar-refractivity contribution in [1.29, 1.82) is 0 Å². The number of hydrogen-bond acceptors (Lipinski definition) is 4. The van der Waals surface area contributed by atoms with Crippen LogP contribution in [0.3, 0.4) is 0 Å². The Hall–Kier alpha value is -3.51. The van der Waals surface area contributed by atoms with Crippen LogP contribution in [0.15, 0.2) is 66.7 Å². The number of ether oxygens (including phenoxy) is 2. The second-order valence-corrected chi connectivity index (χ2v) is 6.46. The quantitative estimate of drug-likeness (QED) is 0.608. The molecule has 7 heteroatoms. The molecule has 0 aromatic heterocycles. The summed E-state index contributed by atoms with van der Waals surface area (Å²) in [5, 5.41) is 6.16. The molecule has 3 aromatic rings. The number of amides is 2. The first-order valence-electron chi connectivity index (χ1n) is 8.71. The van der Waals surface area contributed by atoms with Gasteiger partial charge in [-0.3, -0.25) is 9.59 Å². The van der Waals surface area contributed by atoms with Gasteiger partial charge in [-0.05, 0) is 48.5 Å². The van der Waals surface area contributed by atoms with Gasteiger partial charge in [0.1, 0.15) is 11.5 Å². The van der Waals surface area contributed by atoms with Gasteiger partial charge in [-0.15, -0.1) is 0 Å². The van der Waals surface area contributed by atoms with Gasteiger partial charge in [0, 0.05) is 16.7 Å². The lowest BCUT2D eigenvalue weighted by Gasteiger charge is -2.14. The Balaban J connectivity index is 1.81. The molecule has 3 aromatic carbocycles. The fourth-order valence-corrected chi connectivity index (χ4v) is 2.80. The van der Waals surface area contributed by atoms with Crippen molar-refractivity contribution in [2.24, 2.45) is 0 Å². The smallest absolute Gasteiger partial charge is 0.259 e. The van der Waals surface area contributed by atoms with Crippen molar-refractivity contribution in [2.45, 2.75) is 0 Å². The average Bonchev–Trinajstić information content (AvgIpc) is 2.75. The van der Waals surface area contributed by atoms with E-state index in [2.05, 4.69) is 10.6 Å². The van der Waals surface area contributed by atoms with Crippen LogP contribution in [-0.4, -0.2) is 26.0 Å². The number of methoxy groups -OCH3 is 2. The summed E-state index contributed by atoms with van der Waals surface area (Å²) in [6.45, 7) is 0. The summed E-state index contributed by atoms with van der Waals surface area (Å²) in [6.07, 6.45) is 0. The number of halogens is 1. The van der Waals surface area contributed by atoms with E-state index < -0.39 is 0 Å². The standard InChI is InChI=1S/C22H19ClN2O4/c1-28-16-11-12-17(20(13-16)29-2)22(27)25-19-6-4-3-5-18(19)24-21(26)14-7-9-15(23)10-8-14/h3-13H,1-2H3,(H,24,26)(H,25,27). The fourth-order valence-electron chi connectivity index (χ4n) is 2.67. The minimum absolute atomic E-state index is 0.314. The molecule has 0 unspecified atom stereocenters. The van der Waals surface area contributed by atoms with Crippen LogP contribution in [0.5, 0.6) is 11.5 Å². The summed E-state index contributed by atoms with van der Waals surface area (Å²) in [5.74, 6) is 0.265. The molecule has 0 aliphatic carbocycles. The normalized spacial score (nSPS) is 10.2. The van der Waals surface area contributed by atoms with Crippen LogP contribution in [0.25, 0.3) is 0 Å². The van der Waals surface area contributed by atoms with Crippen LogP contribution in [0, 0.1) is 0 Å². The largest absolute Gasteiger partial charge is 0.497 e. The van der Waals surface area contributed by atoms with Crippen molar-refractivity contribution in [2.75, 3.05) is 24.9 Å². The molecule has 2 N–H and O–H groups in total. The maximum atomic E-state index is 12.8. The third-order valence-corrected chi connectivity index (χ3v) is 4.44. The average molecular weight is 411 g/mol. The van der Waals surface area contributed by atoms with Crippen LogP contribution in [0.1, 0.15) is 20.7 Å². The van der Waals surface area contributed by atoms with E-state index in [1.807, 2.05) is 0 Å². The zero-order valence-electron chi connectivity index (χ0n) is 15.9. The zero-order valence-corrected chi connectivity index (χ0v) is 16.6. The highest BCUT2D eigenvalue weighted by Crippen LogP contribution is 2.27. The predicted molar refractivity (Wildman–Crippen MR) is 113 cm³/mol.